The maximum absolute atomic E-state index is 11.2. The number of hydrogen-bond acceptors (Lipinski definition) is 3. The number of benzene rings is 1. The lowest BCUT2D eigenvalue weighted by Crippen LogP contribution is -2.25. The second-order valence-corrected chi connectivity index (χ2v) is 4.72. The van der Waals surface area contributed by atoms with Gasteiger partial charge in [-0.05, 0) is 43.9 Å². The van der Waals surface area contributed by atoms with Gasteiger partial charge in [0.15, 0.2) is 0 Å². The van der Waals surface area contributed by atoms with Crippen molar-refractivity contribution in [1.82, 2.24) is 0 Å². The first-order chi connectivity index (χ1) is 8.61. The van der Waals surface area contributed by atoms with E-state index in [1.54, 1.807) is 6.92 Å². The van der Waals surface area contributed by atoms with Crippen LogP contribution in [0.25, 0.3) is 0 Å². The molecule has 2 N–H and O–H groups in total. The van der Waals surface area contributed by atoms with Crippen molar-refractivity contribution in [3.63, 3.8) is 0 Å². The van der Waals surface area contributed by atoms with Crippen LogP contribution in [0.15, 0.2) is 24.3 Å². The molecule has 0 aliphatic rings. The fourth-order valence-electron chi connectivity index (χ4n) is 1.76. The molecule has 0 aliphatic carbocycles. The first-order valence-corrected chi connectivity index (χ1v) is 6.65. The second-order valence-electron chi connectivity index (χ2n) is 4.29. The van der Waals surface area contributed by atoms with E-state index in [1.165, 1.54) is 5.56 Å². The van der Waals surface area contributed by atoms with Gasteiger partial charge in [-0.1, -0.05) is 23.7 Å². The number of esters is 1. The molecule has 3 nitrogen and oxygen atoms in total. The maximum Gasteiger partial charge on any atom is 0.307 e. The van der Waals surface area contributed by atoms with Crippen molar-refractivity contribution in [2.75, 3.05) is 6.61 Å². The van der Waals surface area contributed by atoms with E-state index in [-0.39, 0.29) is 12.0 Å². The Morgan fingerprint density at radius 1 is 1.39 bits per heavy atom. The third-order valence-corrected chi connectivity index (χ3v) is 2.94. The molecule has 0 saturated heterocycles. The molecular formula is C14H20ClNO2. The number of ether oxygens (including phenoxy) is 1. The summed E-state index contributed by atoms with van der Waals surface area (Å²) in [6.07, 6.45) is 3.03. The van der Waals surface area contributed by atoms with Crippen molar-refractivity contribution >= 4 is 17.6 Å². The first kappa shape index (κ1) is 15.0. The van der Waals surface area contributed by atoms with Gasteiger partial charge in [-0.25, -0.2) is 0 Å². The topological polar surface area (TPSA) is 52.3 Å². The van der Waals surface area contributed by atoms with Gasteiger partial charge in [0.25, 0.3) is 0 Å². The lowest BCUT2D eigenvalue weighted by molar-refractivity contribution is -0.143. The Bertz CT molecular complexity index is 365. The summed E-state index contributed by atoms with van der Waals surface area (Å²) in [6, 6.07) is 7.68. The van der Waals surface area contributed by atoms with Gasteiger partial charge < -0.3 is 10.5 Å². The molecule has 0 aliphatic heterocycles. The van der Waals surface area contributed by atoms with Crippen LogP contribution in [0.3, 0.4) is 0 Å². The molecule has 1 rings (SSSR count). The van der Waals surface area contributed by atoms with Gasteiger partial charge in [0.2, 0.25) is 0 Å². The van der Waals surface area contributed by atoms with E-state index in [1.807, 2.05) is 24.3 Å². The summed E-state index contributed by atoms with van der Waals surface area (Å²) in [4.78, 5) is 11.2. The molecule has 0 spiro atoms. The van der Waals surface area contributed by atoms with Crippen molar-refractivity contribution < 1.29 is 9.53 Å². The normalized spacial score (nSPS) is 12.2. The van der Waals surface area contributed by atoms with Crippen LogP contribution in [-0.4, -0.2) is 18.6 Å². The van der Waals surface area contributed by atoms with Crippen molar-refractivity contribution in [3.05, 3.63) is 34.9 Å². The fourth-order valence-corrected chi connectivity index (χ4v) is 1.88. The van der Waals surface area contributed by atoms with Gasteiger partial charge in [-0.2, -0.15) is 0 Å². The van der Waals surface area contributed by atoms with Crippen molar-refractivity contribution in [3.8, 4) is 0 Å². The van der Waals surface area contributed by atoms with Crippen LogP contribution in [0.5, 0.6) is 0 Å². The summed E-state index contributed by atoms with van der Waals surface area (Å²) in [5, 5.41) is 0.748. The zero-order valence-electron chi connectivity index (χ0n) is 10.7. The predicted octanol–water partition coefficient (Wildman–Crippen LogP) is 2.94. The molecule has 100 valence electrons. The molecule has 0 amide bonds. The van der Waals surface area contributed by atoms with Crippen LogP contribution in [0.2, 0.25) is 5.02 Å². The van der Waals surface area contributed by atoms with E-state index >= 15 is 0 Å². The quantitative estimate of drug-likeness (QED) is 0.775. The molecule has 0 bridgehead atoms. The number of carbonyl (C=O) groups is 1. The van der Waals surface area contributed by atoms with Crippen molar-refractivity contribution in [1.29, 1.82) is 0 Å². The number of halogens is 1. The molecule has 1 unspecified atom stereocenters. The van der Waals surface area contributed by atoms with Gasteiger partial charge >= 0.3 is 5.97 Å². The minimum Gasteiger partial charge on any atom is -0.466 e. The second kappa shape index (κ2) is 8.11. The number of aryl methyl sites for hydroxylation is 1. The van der Waals surface area contributed by atoms with Crippen LogP contribution >= 0.6 is 11.6 Å². The molecule has 0 fully saturated rings. The summed E-state index contributed by atoms with van der Waals surface area (Å²) < 4.78 is 4.86. The largest absolute Gasteiger partial charge is 0.466 e. The standard InChI is InChI=1S/C14H20ClNO2/c1-2-18-14(17)10-13(16)5-3-4-11-6-8-12(15)9-7-11/h6-9,13H,2-5,10,16H2,1H3. The molecule has 0 heterocycles. The molecule has 1 aromatic rings. The Morgan fingerprint density at radius 3 is 2.67 bits per heavy atom. The van der Waals surface area contributed by atoms with E-state index in [9.17, 15) is 4.79 Å². The average Bonchev–Trinajstić information content (AvgIpc) is 2.32. The Kier molecular flexibility index (Phi) is 6.76. The maximum atomic E-state index is 11.2. The fraction of sp³-hybridized carbons (Fsp3) is 0.500. The Morgan fingerprint density at radius 2 is 2.06 bits per heavy atom. The summed E-state index contributed by atoms with van der Waals surface area (Å²) in [5.74, 6) is -0.212. The van der Waals surface area contributed by atoms with Gasteiger partial charge in [0.05, 0.1) is 13.0 Å². The van der Waals surface area contributed by atoms with Crippen molar-refractivity contribution in [2.45, 2.75) is 38.6 Å². The molecule has 18 heavy (non-hydrogen) atoms. The summed E-state index contributed by atoms with van der Waals surface area (Å²) >= 11 is 5.81. The number of rotatable bonds is 7. The smallest absolute Gasteiger partial charge is 0.307 e. The zero-order valence-corrected chi connectivity index (χ0v) is 11.5. The van der Waals surface area contributed by atoms with Gasteiger partial charge in [-0.15, -0.1) is 0 Å². The lowest BCUT2D eigenvalue weighted by Gasteiger charge is -2.10. The Hall–Kier alpha value is -1.06. The molecule has 1 aromatic carbocycles. The van der Waals surface area contributed by atoms with E-state index in [0.29, 0.717) is 13.0 Å². The highest BCUT2D eigenvalue weighted by atomic mass is 35.5. The predicted molar refractivity (Wildman–Crippen MR) is 73.6 cm³/mol. The van der Waals surface area contributed by atoms with Crippen LogP contribution in [-0.2, 0) is 16.0 Å². The minimum absolute atomic E-state index is 0.114. The number of carbonyl (C=O) groups excluding carboxylic acids is 1. The molecule has 0 radical (unpaired) electrons. The molecular weight excluding hydrogens is 250 g/mol. The van der Waals surface area contributed by atoms with Crippen LogP contribution in [0.1, 0.15) is 31.7 Å². The van der Waals surface area contributed by atoms with E-state index < -0.39 is 0 Å². The van der Waals surface area contributed by atoms with Crippen LogP contribution in [0, 0.1) is 0 Å². The SMILES string of the molecule is CCOC(=O)CC(N)CCCc1ccc(Cl)cc1. The first-order valence-electron chi connectivity index (χ1n) is 6.27. The van der Waals surface area contributed by atoms with Crippen molar-refractivity contribution in [2.24, 2.45) is 5.73 Å². The highest BCUT2D eigenvalue weighted by Crippen LogP contribution is 2.12. The summed E-state index contributed by atoms with van der Waals surface area (Å²) in [7, 11) is 0. The highest BCUT2D eigenvalue weighted by molar-refractivity contribution is 6.30. The van der Waals surface area contributed by atoms with Crippen LogP contribution in [0.4, 0.5) is 0 Å². The molecule has 1 atom stereocenters. The molecule has 0 aromatic heterocycles. The van der Waals surface area contributed by atoms with E-state index in [4.69, 9.17) is 22.1 Å². The molecule has 0 saturated carbocycles. The average molecular weight is 270 g/mol. The van der Waals surface area contributed by atoms with Crippen LogP contribution < -0.4 is 5.73 Å². The summed E-state index contributed by atoms with van der Waals surface area (Å²) in [5.41, 5.74) is 7.11. The third-order valence-electron chi connectivity index (χ3n) is 2.69. The third kappa shape index (κ3) is 6.03. The number of nitrogens with two attached hydrogens (primary N) is 1. The monoisotopic (exact) mass is 269 g/mol. The van der Waals surface area contributed by atoms with Gasteiger partial charge in [-0.3, -0.25) is 4.79 Å². The Labute approximate surface area is 113 Å². The summed E-state index contributed by atoms with van der Waals surface area (Å²) in [6.45, 7) is 2.21. The highest BCUT2D eigenvalue weighted by Gasteiger charge is 2.09. The van der Waals surface area contributed by atoms with Gasteiger partial charge in [0, 0.05) is 11.1 Å². The Balaban J connectivity index is 2.21. The minimum atomic E-state index is -0.212. The zero-order chi connectivity index (χ0) is 13.4. The van der Waals surface area contributed by atoms with E-state index in [2.05, 4.69) is 0 Å². The lowest BCUT2D eigenvalue weighted by atomic mass is 10.0. The molecule has 4 heteroatoms. The van der Waals surface area contributed by atoms with E-state index in [0.717, 1.165) is 24.3 Å². The van der Waals surface area contributed by atoms with Gasteiger partial charge in [0.1, 0.15) is 0 Å². The number of hydrogen-bond donors (Lipinski definition) is 1.